The van der Waals surface area contributed by atoms with E-state index >= 15 is 0 Å². The molecule has 7 nitrogen and oxygen atoms in total. The van der Waals surface area contributed by atoms with Crippen LogP contribution in [0.15, 0.2) is 66.7 Å². The number of nitrogens with zero attached hydrogens (tertiary/aromatic N) is 3. The van der Waals surface area contributed by atoms with E-state index in [4.69, 9.17) is 10.7 Å². The molecule has 0 radical (unpaired) electrons. The average Bonchev–Trinajstić information content (AvgIpc) is 3.20. The Morgan fingerprint density at radius 2 is 1.80 bits per heavy atom. The van der Waals surface area contributed by atoms with Gasteiger partial charge in [-0.2, -0.15) is 0 Å². The Morgan fingerprint density at radius 1 is 1.09 bits per heavy atom. The Balaban J connectivity index is 1.77. The molecule has 35 heavy (non-hydrogen) atoms. The lowest BCUT2D eigenvalue weighted by Gasteiger charge is -2.13. The normalized spacial score (nSPS) is 11.3. The average molecular weight is 469 g/mol. The number of carboxylic acids is 1. The van der Waals surface area contributed by atoms with Crippen LogP contribution in [-0.2, 0) is 6.54 Å². The molecule has 3 N–H and O–H groups in total. The number of allylic oxidation sites excluding steroid dienone is 1. The number of imidazole rings is 1. The van der Waals surface area contributed by atoms with Crippen molar-refractivity contribution >= 4 is 34.7 Å². The third-order valence-electron chi connectivity index (χ3n) is 5.83. The Morgan fingerprint density at radius 3 is 2.46 bits per heavy atom. The second kappa shape index (κ2) is 9.85. The van der Waals surface area contributed by atoms with E-state index in [9.17, 15) is 14.7 Å². The fourth-order valence-electron chi connectivity index (χ4n) is 4.06. The summed E-state index contributed by atoms with van der Waals surface area (Å²) >= 11 is 0. The van der Waals surface area contributed by atoms with Gasteiger partial charge in [-0.05, 0) is 47.4 Å². The number of aromatic nitrogens is 2. The first-order valence-corrected chi connectivity index (χ1v) is 11.4. The van der Waals surface area contributed by atoms with Crippen molar-refractivity contribution in [1.82, 2.24) is 14.5 Å². The van der Waals surface area contributed by atoms with E-state index in [0.29, 0.717) is 28.9 Å². The van der Waals surface area contributed by atoms with E-state index in [1.165, 1.54) is 4.90 Å². The quantitative estimate of drug-likeness (QED) is 0.365. The molecular formula is C28H28N4O3. The lowest BCUT2D eigenvalue weighted by Crippen LogP contribution is -2.21. The molecule has 0 atom stereocenters. The number of benzene rings is 3. The molecule has 0 spiro atoms. The van der Waals surface area contributed by atoms with Crippen molar-refractivity contribution in [2.24, 2.45) is 0 Å². The number of carboxylic acid groups (broad SMARTS) is 1. The topological polar surface area (TPSA) is 101 Å². The van der Waals surface area contributed by atoms with Crippen LogP contribution in [0.2, 0.25) is 0 Å². The van der Waals surface area contributed by atoms with Gasteiger partial charge < -0.3 is 20.3 Å². The summed E-state index contributed by atoms with van der Waals surface area (Å²) in [6.07, 6.45) is 4.86. The first-order chi connectivity index (χ1) is 16.8. The fraction of sp³-hybridized carbons (Fsp3) is 0.179. The maximum Gasteiger partial charge on any atom is 0.336 e. The lowest BCUT2D eigenvalue weighted by atomic mass is 9.99. The molecule has 0 aliphatic rings. The van der Waals surface area contributed by atoms with Crippen molar-refractivity contribution in [2.75, 3.05) is 19.8 Å². The number of nitrogens with two attached hydrogens (primary N) is 1. The highest BCUT2D eigenvalue weighted by atomic mass is 16.4. The number of carbonyl (C=O) groups excluding carboxylic acids is 1. The van der Waals surface area contributed by atoms with Crippen molar-refractivity contribution in [3.63, 3.8) is 0 Å². The summed E-state index contributed by atoms with van der Waals surface area (Å²) in [5, 5.41) is 9.52. The van der Waals surface area contributed by atoms with Crippen LogP contribution in [0.3, 0.4) is 0 Å². The monoisotopic (exact) mass is 468 g/mol. The Kier molecular flexibility index (Phi) is 6.68. The fourth-order valence-corrected chi connectivity index (χ4v) is 4.06. The van der Waals surface area contributed by atoms with Gasteiger partial charge >= 0.3 is 5.97 Å². The summed E-state index contributed by atoms with van der Waals surface area (Å²) in [5.74, 6) is -0.329. The van der Waals surface area contributed by atoms with Gasteiger partial charge in [-0.25, -0.2) is 9.78 Å². The summed E-state index contributed by atoms with van der Waals surface area (Å²) in [5.41, 5.74) is 11.5. The van der Waals surface area contributed by atoms with Crippen molar-refractivity contribution in [2.45, 2.75) is 19.9 Å². The highest BCUT2D eigenvalue weighted by Crippen LogP contribution is 2.28. The molecule has 0 saturated carbocycles. The van der Waals surface area contributed by atoms with Crippen molar-refractivity contribution < 1.29 is 14.7 Å². The number of rotatable bonds is 7. The first-order valence-electron chi connectivity index (χ1n) is 11.4. The van der Waals surface area contributed by atoms with E-state index in [1.807, 2.05) is 59.2 Å². The maximum absolute atomic E-state index is 12.6. The van der Waals surface area contributed by atoms with Gasteiger partial charge in [-0.15, -0.1) is 0 Å². The van der Waals surface area contributed by atoms with Gasteiger partial charge in [0.15, 0.2) is 0 Å². The minimum absolute atomic E-state index is 0.126. The van der Waals surface area contributed by atoms with Crippen molar-refractivity contribution in [1.29, 1.82) is 0 Å². The van der Waals surface area contributed by atoms with E-state index in [2.05, 4.69) is 6.92 Å². The van der Waals surface area contributed by atoms with Crippen LogP contribution in [0.4, 0.5) is 5.69 Å². The summed E-state index contributed by atoms with van der Waals surface area (Å²) in [7, 11) is 3.42. The molecule has 7 heteroatoms. The number of carbonyl (C=O) groups is 2. The number of fused-ring (bicyclic) bond motifs is 1. The van der Waals surface area contributed by atoms with Gasteiger partial charge in [-0.3, -0.25) is 4.79 Å². The van der Waals surface area contributed by atoms with E-state index in [0.717, 1.165) is 28.9 Å². The summed E-state index contributed by atoms with van der Waals surface area (Å²) in [6.45, 7) is 2.57. The number of hydrogen-bond acceptors (Lipinski definition) is 4. The third-order valence-corrected chi connectivity index (χ3v) is 5.83. The van der Waals surface area contributed by atoms with Gasteiger partial charge in [0.05, 0.1) is 16.8 Å². The van der Waals surface area contributed by atoms with E-state index in [-0.39, 0.29) is 11.5 Å². The molecule has 4 rings (SSSR count). The number of hydrogen-bond donors (Lipinski definition) is 2. The molecule has 0 aliphatic heterocycles. The predicted molar refractivity (Wildman–Crippen MR) is 139 cm³/mol. The molecule has 0 unspecified atom stereocenters. The van der Waals surface area contributed by atoms with Crippen LogP contribution in [0.1, 0.15) is 45.4 Å². The highest BCUT2D eigenvalue weighted by Gasteiger charge is 2.17. The van der Waals surface area contributed by atoms with Crippen LogP contribution in [0.5, 0.6) is 0 Å². The Bertz CT molecular complexity index is 1430. The predicted octanol–water partition coefficient (Wildman–Crippen LogP) is 5.16. The van der Waals surface area contributed by atoms with Gasteiger partial charge in [0.2, 0.25) is 0 Å². The standard InChI is InChI=1S/C28H28N4O3/c1-4-5-10-25-30-26-23(29)15-20(27(33)31(2)3)16-24(26)32(25)17-18-11-13-19(14-12-18)21-8-6-7-9-22(21)28(34)35/h5-16H,4,17,29H2,1-3H3,(H,34,35). The van der Waals surface area contributed by atoms with Crippen LogP contribution in [0.25, 0.3) is 28.2 Å². The van der Waals surface area contributed by atoms with Crippen LogP contribution in [0, 0.1) is 0 Å². The zero-order valence-electron chi connectivity index (χ0n) is 20.0. The Labute approximate surface area is 204 Å². The van der Waals surface area contributed by atoms with E-state index < -0.39 is 5.97 Å². The molecule has 0 saturated heterocycles. The molecule has 1 aromatic heterocycles. The molecule has 1 heterocycles. The molecule has 3 aromatic carbocycles. The summed E-state index contributed by atoms with van der Waals surface area (Å²) < 4.78 is 2.05. The number of anilines is 1. The molecule has 4 aromatic rings. The van der Waals surface area contributed by atoms with Crippen LogP contribution in [-0.4, -0.2) is 45.5 Å². The zero-order valence-corrected chi connectivity index (χ0v) is 20.0. The molecular weight excluding hydrogens is 440 g/mol. The van der Waals surface area contributed by atoms with E-state index in [1.54, 1.807) is 32.3 Å². The van der Waals surface area contributed by atoms with Crippen LogP contribution >= 0.6 is 0 Å². The van der Waals surface area contributed by atoms with Gasteiger partial charge in [0.1, 0.15) is 11.3 Å². The Hall–Kier alpha value is -4.39. The highest BCUT2D eigenvalue weighted by molar-refractivity contribution is 6.01. The number of nitrogen functional groups attached to an aromatic ring is 1. The minimum atomic E-state index is -0.956. The largest absolute Gasteiger partial charge is 0.478 e. The molecule has 0 aliphatic carbocycles. The molecule has 0 fully saturated rings. The van der Waals surface area contributed by atoms with Crippen LogP contribution < -0.4 is 5.73 Å². The molecule has 0 bridgehead atoms. The van der Waals surface area contributed by atoms with Crippen molar-refractivity contribution in [3.05, 3.63) is 89.3 Å². The lowest BCUT2D eigenvalue weighted by molar-refractivity contribution is 0.0697. The summed E-state index contributed by atoms with van der Waals surface area (Å²) in [4.78, 5) is 30.5. The van der Waals surface area contributed by atoms with Crippen molar-refractivity contribution in [3.8, 4) is 11.1 Å². The SMILES string of the molecule is CCC=Cc1nc2c(N)cc(C(=O)N(C)C)cc2n1Cc1ccc(-c2ccccc2C(=O)O)cc1. The van der Waals surface area contributed by atoms with Gasteiger partial charge in [0, 0.05) is 26.2 Å². The number of amides is 1. The number of aromatic carboxylic acids is 1. The smallest absolute Gasteiger partial charge is 0.336 e. The second-order valence-corrected chi connectivity index (χ2v) is 8.55. The summed E-state index contributed by atoms with van der Waals surface area (Å²) in [6, 6.07) is 18.3. The second-order valence-electron chi connectivity index (χ2n) is 8.55. The molecule has 1 amide bonds. The minimum Gasteiger partial charge on any atom is -0.478 e. The third kappa shape index (κ3) is 4.80. The van der Waals surface area contributed by atoms with Gasteiger partial charge in [0.25, 0.3) is 5.91 Å². The zero-order chi connectivity index (χ0) is 25.1. The maximum atomic E-state index is 12.6. The first kappa shape index (κ1) is 23.8. The van der Waals surface area contributed by atoms with Gasteiger partial charge in [-0.1, -0.05) is 55.5 Å². The molecule has 178 valence electrons.